The van der Waals surface area contributed by atoms with Crippen molar-refractivity contribution in [2.24, 2.45) is 9.98 Å². The van der Waals surface area contributed by atoms with Crippen LogP contribution in [0.15, 0.2) is 131 Å². The number of para-hydroxylation sites is 1. The number of nitrogens with zero attached hydrogens (tertiary/aromatic N) is 3. The average Bonchev–Trinajstić information content (AvgIpc) is 3.66. The molecule has 284 valence electrons. The molecule has 0 aliphatic carbocycles. The maximum absolute atomic E-state index is 14.2. The molecule has 0 bridgehead atoms. The summed E-state index contributed by atoms with van der Waals surface area (Å²) in [7, 11) is -6.58. The van der Waals surface area contributed by atoms with Gasteiger partial charge in [-0.2, -0.15) is 4.31 Å². The summed E-state index contributed by atoms with van der Waals surface area (Å²) >= 11 is 6.70. The highest BCUT2D eigenvalue weighted by molar-refractivity contribution is 7.88. The average molecular weight is 793 g/mol. The number of fused-ring (bicyclic) bond motifs is 1. The Morgan fingerprint density at radius 1 is 0.909 bits per heavy atom. The van der Waals surface area contributed by atoms with Crippen molar-refractivity contribution in [3.63, 3.8) is 0 Å². The molecule has 1 saturated heterocycles. The summed E-state index contributed by atoms with van der Waals surface area (Å²) in [5.74, 6) is 0.780. The Labute approximate surface area is 329 Å². The first kappa shape index (κ1) is 38.6. The Balaban J connectivity index is 1.16. The fourth-order valence-electron chi connectivity index (χ4n) is 7.74. The third-order valence-electron chi connectivity index (χ3n) is 10.4. The Morgan fingerprint density at radius 2 is 1.55 bits per heavy atom. The van der Waals surface area contributed by atoms with Gasteiger partial charge in [0, 0.05) is 41.7 Å². The molecule has 1 aromatic heterocycles. The summed E-state index contributed by atoms with van der Waals surface area (Å²) in [5, 5.41) is 2.23. The summed E-state index contributed by atoms with van der Waals surface area (Å²) in [6.45, 7) is 7.28. The van der Waals surface area contributed by atoms with Crippen molar-refractivity contribution in [2.75, 3.05) is 19.4 Å². The highest BCUT2D eigenvalue weighted by Gasteiger charge is 2.51. The molecule has 7 rings (SSSR count). The van der Waals surface area contributed by atoms with Gasteiger partial charge in [-0.3, -0.25) is 14.8 Å². The van der Waals surface area contributed by atoms with Crippen molar-refractivity contribution in [1.82, 2.24) is 9.29 Å². The molecule has 2 aliphatic heterocycles. The van der Waals surface area contributed by atoms with Crippen LogP contribution in [0.3, 0.4) is 0 Å². The number of nitrogens with one attached hydrogen (secondary N) is 1. The van der Waals surface area contributed by atoms with E-state index in [1.165, 1.54) is 10.6 Å². The lowest BCUT2D eigenvalue weighted by molar-refractivity contribution is 0.106. The normalized spacial score (nSPS) is 18.8. The fraction of sp³-hybridized carbons (Fsp3) is 0.279. The van der Waals surface area contributed by atoms with Gasteiger partial charge in [0.15, 0.2) is 0 Å². The molecule has 2 atom stereocenters. The Kier molecular flexibility index (Phi) is 11.1. The van der Waals surface area contributed by atoms with Crippen LogP contribution in [0.2, 0.25) is 10.1 Å². The Morgan fingerprint density at radius 3 is 2.15 bits per heavy atom. The third-order valence-corrected chi connectivity index (χ3v) is 17.0. The Hall–Kier alpha value is -4.65. The van der Waals surface area contributed by atoms with E-state index in [4.69, 9.17) is 25.8 Å². The fourth-order valence-corrected chi connectivity index (χ4v) is 13.7. The molecular formula is C43H45ClN4O5SSi. The van der Waals surface area contributed by atoms with Gasteiger partial charge in [0.1, 0.15) is 17.2 Å². The van der Waals surface area contributed by atoms with E-state index in [9.17, 15) is 13.2 Å². The molecule has 1 N–H and O–H groups in total. The highest BCUT2D eigenvalue weighted by atomic mass is 35.5. The van der Waals surface area contributed by atoms with Crippen LogP contribution in [0.1, 0.15) is 55.2 Å². The molecule has 0 amide bonds. The minimum Gasteiger partial charge on any atom is -0.457 e. The quantitative estimate of drug-likeness (QED) is 0.110. The number of ketones is 1. The number of H-pyrrole nitrogens is 1. The topological polar surface area (TPSA) is 113 Å². The zero-order chi connectivity index (χ0) is 38.8. The number of sulfonamides is 1. The molecule has 3 heterocycles. The van der Waals surface area contributed by atoms with Crippen LogP contribution < -0.4 is 15.1 Å². The zero-order valence-electron chi connectivity index (χ0n) is 31.4. The smallest absolute Gasteiger partial charge is 0.261 e. The third kappa shape index (κ3) is 8.03. The number of hydrogen-bond acceptors (Lipinski definition) is 7. The molecule has 2 unspecified atom stereocenters. The number of aromatic amines is 1. The summed E-state index contributed by atoms with van der Waals surface area (Å²) < 4.78 is 41.7. The maximum atomic E-state index is 14.2. The molecular weight excluding hydrogens is 748 g/mol. The lowest BCUT2D eigenvalue weighted by Gasteiger charge is -2.45. The lowest BCUT2D eigenvalue weighted by atomic mass is 9.94. The molecule has 12 heteroatoms. The van der Waals surface area contributed by atoms with Crippen molar-refractivity contribution in [1.29, 1.82) is 0 Å². The summed E-state index contributed by atoms with van der Waals surface area (Å²) in [6, 6.07) is 36.0. The van der Waals surface area contributed by atoms with E-state index in [1.54, 1.807) is 24.4 Å². The van der Waals surface area contributed by atoms with Crippen molar-refractivity contribution in [2.45, 2.75) is 57.3 Å². The van der Waals surface area contributed by atoms with E-state index in [2.05, 4.69) is 55.0 Å². The van der Waals surface area contributed by atoms with Crippen LogP contribution in [0.25, 0.3) is 0 Å². The number of hydrogen-bond donors (Lipinski definition) is 1. The summed E-state index contributed by atoms with van der Waals surface area (Å²) in [4.78, 5) is 27.2. The predicted octanol–water partition coefficient (Wildman–Crippen LogP) is 7.46. The monoisotopic (exact) mass is 792 g/mol. The van der Waals surface area contributed by atoms with Crippen LogP contribution in [-0.2, 0) is 21.0 Å². The van der Waals surface area contributed by atoms with Gasteiger partial charge in [-0.15, -0.1) is 0 Å². The Bertz CT molecular complexity index is 2290. The van der Waals surface area contributed by atoms with Crippen molar-refractivity contribution < 1.29 is 22.4 Å². The van der Waals surface area contributed by atoms with Gasteiger partial charge in [-0.25, -0.2) is 8.42 Å². The molecule has 9 nitrogen and oxygen atoms in total. The van der Waals surface area contributed by atoms with Gasteiger partial charge in [0.2, 0.25) is 15.8 Å². The largest absolute Gasteiger partial charge is 0.457 e. The van der Waals surface area contributed by atoms with E-state index in [0.717, 1.165) is 21.6 Å². The number of benzene rings is 4. The second-order valence-corrected chi connectivity index (χ2v) is 21.7. The number of aromatic nitrogens is 1. The van der Waals surface area contributed by atoms with Gasteiger partial charge in [0.05, 0.1) is 36.2 Å². The number of halogens is 1. The van der Waals surface area contributed by atoms with Crippen LogP contribution in [0.4, 0.5) is 0 Å². The summed E-state index contributed by atoms with van der Waals surface area (Å²) in [5.41, 5.74) is 2.48. The van der Waals surface area contributed by atoms with Crippen LogP contribution >= 0.6 is 11.6 Å². The molecule has 55 heavy (non-hydrogen) atoms. The van der Waals surface area contributed by atoms with Gasteiger partial charge in [-0.05, 0) is 58.6 Å². The first-order chi connectivity index (χ1) is 26.3. The minimum atomic E-state index is -3.67. The van der Waals surface area contributed by atoms with Gasteiger partial charge in [-0.1, -0.05) is 111 Å². The lowest BCUT2D eigenvalue weighted by Crippen LogP contribution is -2.67. The van der Waals surface area contributed by atoms with E-state index >= 15 is 0 Å². The number of Topliss-reactive ketones (excluding diaryl/α,β-unsaturated/α-hetero) is 1. The van der Waals surface area contributed by atoms with Crippen molar-refractivity contribution >= 4 is 57.5 Å². The van der Waals surface area contributed by atoms with E-state index in [1.807, 2.05) is 72.8 Å². The second-order valence-electron chi connectivity index (χ2n) is 15.1. The van der Waals surface area contributed by atoms with Gasteiger partial charge >= 0.3 is 0 Å². The number of rotatable bonds is 11. The summed E-state index contributed by atoms with van der Waals surface area (Å²) in [6.07, 6.45) is 4.17. The SMILES string of the molecule is CC(C)(C)[Si](OCC1CCC(N=C2C(C(=O)c3ccc(Oc4ccccc4)cc3Cl)=NCc3[nH]ccc32)CN1S(C)(=O)=O)(c1ccccc1)c1ccccc1. The van der Waals surface area contributed by atoms with E-state index < -0.39 is 30.4 Å². The molecule has 4 aromatic carbocycles. The van der Waals surface area contributed by atoms with Crippen LogP contribution in [-0.4, -0.2) is 74.7 Å². The van der Waals surface area contributed by atoms with E-state index in [0.29, 0.717) is 30.1 Å². The second kappa shape index (κ2) is 15.8. The highest BCUT2D eigenvalue weighted by Crippen LogP contribution is 2.38. The molecule has 5 aromatic rings. The molecule has 1 fully saturated rings. The van der Waals surface area contributed by atoms with E-state index in [-0.39, 0.29) is 46.8 Å². The molecule has 0 radical (unpaired) electrons. The van der Waals surface area contributed by atoms with Crippen LogP contribution in [0.5, 0.6) is 11.5 Å². The number of carbonyl (C=O) groups excluding carboxylic acids is 1. The van der Waals surface area contributed by atoms with Crippen molar-refractivity contribution in [3.05, 3.63) is 143 Å². The standard InChI is InChI=1S/C43H45ClN4O5SSi/c1-43(2,3)55(34-16-10-6-11-17-34,35-18-12-7-13-19-35)52-29-31-21-20-30(28-48(31)54(4,50)51)47-40-37-24-25-45-39(37)27-46-41(40)42(49)36-23-22-33(26-38(36)44)53-32-14-8-5-9-15-32/h5-19,22-26,30-31,45H,20-21,27-29H2,1-4H3. The number of piperidine rings is 1. The molecule has 0 saturated carbocycles. The first-order valence-electron chi connectivity index (χ1n) is 18.4. The zero-order valence-corrected chi connectivity index (χ0v) is 34.0. The number of aliphatic imine (C=N–C) groups is 2. The molecule has 2 aliphatic rings. The van der Waals surface area contributed by atoms with Crippen molar-refractivity contribution in [3.8, 4) is 11.5 Å². The molecule has 0 spiro atoms. The first-order valence-corrected chi connectivity index (χ1v) is 22.6. The number of ether oxygens (including phenoxy) is 1. The predicted molar refractivity (Wildman–Crippen MR) is 223 cm³/mol. The van der Waals surface area contributed by atoms with Gasteiger partial charge < -0.3 is 14.1 Å². The number of carbonyl (C=O) groups is 1. The minimum absolute atomic E-state index is 0.143. The maximum Gasteiger partial charge on any atom is 0.261 e. The van der Waals surface area contributed by atoms with Crippen LogP contribution in [0, 0.1) is 0 Å². The van der Waals surface area contributed by atoms with Gasteiger partial charge in [0.25, 0.3) is 8.32 Å².